The Morgan fingerprint density at radius 3 is 2.67 bits per heavy atom. The van der Waals surface area contributed by atoms with E-state index in [1.807, 2.05) is 31.2 Å². The van der Waals surface area contributed by atoms with E-state index in [2.05, 4.69) is 0 Å². The zero-order chi connectivity index (χ0) is 16.9. The fraction of sp³-hybridized carbons (Fsp3) is 0.211. The van der Waals surface area contributed by atoms with Crippen LogP contribution in [0.3, 0.4) is 0 Å². The van der Waals surface area contributed by atoms with E-state index in [1.54, 1.807) is 24.3 Å². The lowest BCUT2D eigenvalue weighted by Gasteiger charge is -2.19. The number of carbonyl (C=O) groups is 1. The normalized spacial score (nSPS) is 13.5. The van der Waals surface area contributed by atoms with Gasteiger partial charge in [-0.1, -0.05) is 24.3 Å². The van der Waals surface area contributed by atoms with E-state index in [0.717, 1.165) is 0 Å². The van der Waals surface area contributed by atoms with Crippen LogP contribution in [0.25, 0.3) is 11.6 Å². The zero-order valence-corrected chi connectivity index (χ0v) is 13.3. The van der Waals surface area contributed by atoms with Crippen molar-refractivity contribution in [2.45, 2.75) is 6.92 Å². The van der Waals surface area contributed by atoms with E-state index in [9.17, 15) is 9.90 Å². The molecule has 0 radical (unpaired) electrons. The summed E-state index contributed by atoms with van der Waals surface area (Å²) < 4.78 is 16.6. The average Bonchev–Trinajstić information content (AvgIpc) is 2.60. The molecule has 1 aliphatic rings. The number of carboxylic acids is 1. The summed E-state index contributed by atoms with van der Waals surface area (Å²) in [6.07, 6.45) is 1.61. The van der Waals surface area contributed by atoms with E-state index in [-0.39, 0.29) is 5.57 Å². The largest absolute Gasteiger partial charge is 0.493 e. The second-order valence-electron chi connectivity index (χ2n) is 5.19. The summed E-state index contributed by atoms with van der Waals surface area (Å²) in [7, 11) is 0. The maximum Gasteiger partial charge on any atom is 0.336 e. The molecule has 0 amide bonds. The molecular weight excluding hydrogens is 308 g/mol. The highest BCUT2D eigenvalue weighted by atomic mass is 16.6. The third-order valence-electron chi connectivity index (χ3n) is 3.60. The first-order chi connectivity index (χ1) is 11.7. The van der Waals surface area contributed by atoms with Gasteiger partial charge in [-0.3, -0.25) is 0 Å². The van der Waals surface area contributed by atoms with Crippen LogP contribution in [0, 0.1) is 0 Å². The van der Waals surface area contributed by atoms with Crippen molar-refractivity contribution < 1.29 is 24.1 Å². The number of rotatable bonds is 5. The van der Waals surface area contributed by atoms with Gasteiger partial charge in [0, 0.05) is 5.56 Å². The van der Waals surface area contributed by atoms with Gasteiger partial charge < -0.3 is 19.3 Å². The number of carboxylic acid groups (broad SMARTS) is 1. The summed E-state index contributed by atoms with van der Waals surface area (Å²) in [5.41, 5.74) is 1.43. The maximum absolute atomic E-state index is 11.8. The quantitative estimate of drug-likeness (QED) is 0.673. The number of aliphatic carboxylic acids is 1. The van der Waals surface area contributed by atoms with Crippen molar-refractivity contribution >= 4 is 17.6 Å². The van der Waals surface area contributed by atoms with Gasteiger partial charge in [0.15, 0.2) is 11.5 Å². The molecule has 5 nitrogen and oxygen atoms in total. The van der Waals surface area contributed by atoms with Gasteiger partial charge >= 0.3 is 5.97 Å². The minimum Gasteiger partial charge on any atom is -0.493 e. The molecule has 2 aromatic rings. The molecule has 1 aliphatic heterocycles. The first kappa shape index (κ1) is 15.9. The molecule has 0 aromatic heterocycles. The van der Waals surface area contributed by atoms with Gasteiger partial charge in [-0.05, 0) is 36.8 Å². The lowest BCUT2D eigenvalue weighted by atomic mass is 10.0. The van der Waals surface area contributed by atoms with Crippen LogP contribution in [0.1, 0.15) is 18.1 Å². The average molecular weight is 326 g/mol. The molecule has 0 atom stereocenters. The van der Waals surface area contributed by atoms with Crippen molar-refractivity contribution in [1.82, 2.24) is 0 Å². The van der Waals surface area contributed by atoms with Crippen LogP contribution in [0.4, 0.5) is 0 Å². The molecule has 0 spiro atoms. The topological polar surface area (TPSA) is 65.0 Å². The van der Waals surface area contributed by atoms with Crippen LogP contribution in [0.15, 0.2) is 42.5 Å². The van der Waals surface area contributed by atoms with E-state index < -0.39 is 5.97 Å². The zero-order valence-electron chi connectivity index (χ0n) is 13.3. The van der Waals surface area contributed by atoms with Gasteiger partial charge in [0.1, 0.15) is 19.0 Å². The first-order valence-electron chi connectivity index (χ1n) is 7.76. The lowest BCUT2D eigenvalue weighted by Crippen LogP contribution is -2.15. The molecule has 0 unspecified atom stereocenters. The summed E-state index contributed by atoms with van der Waals surface area (Å²) in [6.45, 7) is 3.35. The van der Waals surface area contributed by atoms with Gasteiger partial charge in [-0.15, -0.1) is 0 Å². The number of hydrogen-bond acceptors (Lipinski definition) is 4. The third kappa shape index (κ3) is 3.35. The molecule has 0 bridgehead atoms. The van der Waals surface area contributed by atoms with Gasteiger partial charge in [0.2, 0.25) is 0 Å². The second kappa shape index (κ2) is 7.08. The third-order valence-corrected chi connectivity index (χ3v) is 3.60. The SMILES string of the molecule is CCOc1ccccc1/C=C(\C(=O)O)c1ccc2c(c1)OCCO2. The van der Waals surface area contributed by atoms with Gasteiger partial charge in [0.25, 0.3) is 0 Å². The molecule has 5 heteroatoms. The summed E-state index contributed by atoms with van der Waals surface area (Å²) >= 11 is 0. The van der Waals surface area contributed by atoms with Crippen molar-refractivity contribution in [2.24, 2.45) is 0 Å². The van der Waals surface area contributed by atoms with Crippen molar-refractivity contribution in [1.29, 1.82) is 0 Å². The van der Waals surface area contributed by atoms with Gasteiger partial charge in [-0.2, -0.15) is 0 Å². The number of para-hydroxylation sites is 1. The molecule has 0 saturated heterocycles. The second-order valence-corrected chi connectivity index (χ2v) is 5.19. The highest BCUT2D eigenvalue weighted by molar-refractivity contribution is 6.21. The number of hydrogen-bond donors (Lipinski definition) is 1. The Balaban J connectivity index is 2.03. The van der Waals surface area contributed by atoms with Crippen molar-refractivity contribution in [2.75, 3.05) is 19.8 Å². The Morgan fingerprint density at radius 1 is 1.17 bits per heavy atom. The standard InChI is InChI=1S/C19H18O5/c1-2-22-16-6-4-3-5-14(16)11-15(19(20)21)13-7-8-17-18(12-13)24-10-9-23-17/h3-8,11-12H,2,9-10H2,1H3,(H,20,21)/b15-11-. The predicted molar refractivity (Wildman–Crippen MR) is 90.5 cm³/mol. The van der Waals surface area contributed by atoms with E-state index in [4.69, 9.17) is 14.2 Å². The molecule has 124 valence electrons. The smallest absolute Gasteiger partial charge is 0.336 e. The molecule has 0 saturated carbocycles. The van der Waals surface area contributed by atoms with Crippen LogP contribution in [-0.2, 0) is 4.79 Å². The molecular formula is C19H18O5. The molecule has 0 fully saturated rings. The van der Waals surface area contributed by atoms with Crippen LogP contribution >= 0.6 is 0 Å². The maximum atomic E-state index is 11.8. The molecule has 0 aliphatic carbocycles. The molecule has 1 heterocycles. The molecule has 2 aromatic carbocycles. The monoisotopic (exact) mass is 326 g/mol. The van der Waals surface area contributed by atoms with Gasteiger partial charge in [-0.25, -0.2) is 4.79 Å². The van der Waals surface area contributed by atoms with E-state index >= 15 is 0 Å². The highest BCUT2D eigenvalue weighted by Crippen LogP contribution is 2.34. The van der Waals surface area contributed by atoms with Crippen LogP contribution in [0.2, 0.25) is 0 Å². The van der Waals surface area contributed by atoms with E-state index in [0.29, 0.717) is 48.2 Å². The van der Waals surface area contributed by atoms with Crippen LogP contribution in [-0.4, -0.2) is 30.9 Å². The first-order valence-corrected chi connectivity index (χ1v) is 7.76. The van der Waals surface area contributed by atoms with Crippen LogP contribution < -0.4 is 14.2 Å². The highest BCUT2D eigenvalue weighted by Gasteiger charge is 2.17. The Hall–Kier alpha value is -2.95. The minimum atomic E-state index is -1.02. The summed E-state index contributed by atoms with van der Waals surface area (Å²) in [4.78, 5) is 11.8. The Bertz CT molecular complexity index is 779. The fourth-order valence-corrected chi connectivity index (χ4v) is 2.52. The summed E-state index contributed by atoms with van der Waals surface area (Å²) in [5, 5.41) is 9.63. The van der Waals surface area contributed by atoms with Crippen molar-refractivity contribution in [3.63, 3.8) is 0 Å². The summed E-state index contributed by atoms with van der Waals surface area (Å²) in [5.74, 6) is 0.822. The lowest BCUT2D eigenvalue weighted by molar-refractivity contribution is -0.130. The summed E-state index contributed by atoms with van der Waals surface area (Å²) in [6, 6.07) is 12.5. The number of fused-ring (bicyclic) bond motifs is 1. The molecule has 3 rings (SSSR count). The predicted octanol–water partition coefficient (Wildman–Crippen LogP) is 3.48. The van der Waals surface area contributed by atoms with Crippen molar-refractivity contribution in [3.05, 3.63) is 53.6 Å². The Kier molecular flexibility index (Phi) is 4.70. The van der Waals surface area contributed by atoms with E-state index in [1.165, 1.54) is 0 Å². The Labute approximate surface area is 140 Å². The number of ether oxygens (including phenoxy) is 3. The fourth-order valence-electron chi connectivity index (χ4n) is 2.52. The minimum absolute atomic E-state index is 0.166. The van der Waals surface area contributed by atoms with Crippen molar-refractivity contribution in [3.8, 4) is 17.2 Å². The molecule has 24 heavy (non-hydrogen) atoms. The van der Waals surface area contributed by atoms with Gasteiger partial charge in [0.05, 0.1) is 12.2 Å². The molecule has 1 N–H and O–H groups in total. The van der Waals surface area contributed by atoms with Crippen LogP contribution in [0.5, 0.6) is 17.2 Å². The Morgan fingerprint density at radius 2 is 1.92 bits per heavy atom. The number of benzene rings is 2.